The van der Waals surface area contributed by atoms with Crippen molar-refractivity contribution in [2.75, 3.05) is 13.2 Å². The molecule has 0 N–H and O–H groups in total. The summed E-state index contributed by atoms with van der Waals surface area (Å²) < 4.78 is 5.30. The zero-order chi connectivity index (χ0) is 15.0. The molecule has 2 aliphatic heterocycles. The molecule has 1 unspecified atom stereocenters. The number of rotatable bonds is 2. The maximum Gasteiger partial charge on any atom is 0.341 e. The third-order valence-electron chi connectivity index (χ3n) is 3.86. The lowest BCUT2D eigenvalue weighted by Gasteiger charge is -2.31. The predicted octanol–water partition coefficient (Wildman–Crippen LogP) is 1.56. The lowest BCUT2D eigenvalue weighted by molar-refractivity contribution is -0.187. The molecule has 2 heterocycles. The Balaban J connectivity index is 1.79. The van der Waals surface area contributed by atoms with Crippen molar-refractivity contribution in [1.82, 2.24) is 5.06 Å². The fourth-order valence-electron chi connectivity index (χ4n) is 2.54. The van der Waals surface area contributed by atoms with Crippen molar-refractivity contribution in [3.8, 4) is 0 Å². The van der Waals surface area contributed by atoms with E-state index in [1.54, 1.807) is 19.1 Å². The van der Waals surface area contributed by atoms with Crippen LogP contribution in [-0.2, 0) is 14.4 Å². The van der Waals surface area contributed by atoms with Gasteiger partial charge < -0.3 is 9.57 Å². The Bertz CT molecular complexity index is 583. The Morgan fingerprint density at radius 1 is 1.24 bits per heavy atom. The molecular weight excluding hydrogens is 274 g/mol. The van der Waals surface area contributed by atoms with Gasteiger partial charge >= 0.3 is 5.97 Å². The summed E-state index contributed by atoms with van der Waals surface area (Å²) in [6.45, 7) is 2.55. The molecule has 6 heteroatoms. The van der Waals surface area contributed by atoms with Crippen molar-refractivity contribution in [2.24, 2.45) is 5.41 Å². The minimum absolute atomic E-state index is 0.231. The third kappa shape index (κ3) is 2.21. The van der Waals surface area contributed by atoms with E-state index in [1.165, 1.54) is 12.1 Å². The molecule has 1 saturated heterocycles. The third-order valence-corrected chi connectivity index (χ3v) is 3.86. The van der Waals surface area contributed by atoms with Crippen LogP contribution in [0.1, 0.15) is 40.5 Å². The number of hydrogen-bond donors (Lipinski definition) is 0. The van der Waals surface area contributed by atoms with E-state index in [4.69, 9.17) is 9.57 Å². The molecule has 1 aromatic carbocycles. The molecule has 1 fully saturated rings. The SMILES string of the molecule is CC1(C(=O)ON2C(=O)c3ccccc3C2=O)CCCOC1. The Labute approximate surface area is 121 Å². The Morgan fingerprint density at radius 3 is 2.38 bits per heavy atom. The molecule has 2 aliphatic rings. The molecule has 0 spiro atoms. The summed E-state index contributed by atoms with van der Waals surface area (Å²) in [5, 5.41) is 0.548. The average Bonchev–Trinajstić information content (AvgIpc) is 2.74. The topological polar surface area (TPSA) is 72.9 Å². The van der Waals surface area contributed by atoms with Gasteiger partial charge in [0.15, 0.2) is 0 Å². The van der Waals surface area contributed by atoms with Crippen LogP contribution in [0.15, 0.2) is 24.3 Å². The van der Waals surface area contributed by atoms with E-state index in [1.807, 2.05) is 0 Å². The monoisotopic (exact) mass is 289 g/mol. The van der Waals surface area contributed by atoms with Crippen molar-refractivity contribution in [1.29, 1.82) is 0 Å². The van der Waals surface area contributed by atoms with Crippen molar-refractivity contribution in [3.05, 3.63) is 35.4 Å². The Kier molecular flexibility index (Phi) is 3.25. The van der Waals surface area contributed by atoms with Gasteiger partial charge in [0.05, 0.1) is 23.1 Å². The van der Waals surface area contributed by atoms with Crippen LogP contribution >= 0.6 is 0 Å². The van der Waals surface area contributed by atoms with Gasteiger partial charge in [0.25, 0.3) is 11.8 Å². The first kappa shape index (κ1) is 13.8. The van der Waals surface area contributed by atoms with E-state index in [9.17, 15) is 14.4 Å². The number of benzene rings is 1. The molecule has 1 aromatic rings. The molecule has 0 radical (unpaired) electrons. The van der Waals surface area contributed by atoms with Crippen LogP contribution in [0.2, 0.25) is 0 Å². The zero-order valence-electron chi connectivity index (χ0n) is 11.6. The minimum Gasteiger partial charge on any atom is -0.380 e. The van der Waals surface area contributed by atoms with Gasteiger partial charge in [-0.05, 0) is 31.9 Å². The number of carbonyl (C=O) groups excluding carboxylic acids is 3. The van der Waals surface area contributed by atoms with Crippen molar-refractivity contribution < 1.29 is 24.0 Å². The van der Waals surface area contributed by atoms with Gasteiger partial charge in [-0.2, -0.15) is 0 Å². The van der Waals surface area contributed by atoms with E-state index < -0.39 is 23.2 Å². The first-order valence-electron chi connectivity index (χ1n) is 6.81. The van der Waals surface area contributed by atoms with Gasteiger partial charge in [0.1, 0.15) is 0 Å². The molecule has 3 rings (SSSR count). The van der Waals surface area contributed by atoms with E-state index in [0.717, 1.165) is 6.42 Å². The first-order valence-corrected chi connectivity index (χ1v) is 6.81. The number of hydrogen-bond acceptors (Lipinski definition) is 5. The van der Waals surface area contributed by atoms with E-state index >= 15 is 0 Å². The van der Waals surface area contributed by atoms with Crippen molar-refractivity contribution in [2.45, 2.75) is 19.8 Å². The summed E-state index contributed by atoms with van der Waals surface area (Å²) in [6, 6.07) is 6.39. The van der Waals surface area contributed by atoms with Gasteiger partial charge in [-0.1, -0.05) is 17.2 Å². The van der Waals surface area contributed by atoms with Crippen LogP contribution in [0.4, 0.5) is 0 Å². The molecular formula is C15H15NO5. The molecule has 1 atom stereocenters. The fraction of sp³-hybridized carbons (Fsp3) is 0.400. The normalized spacial score (nSPS) is 24.9. The summed E-state index contributed by atoms with van der Waals surface area (Å²) >= 11 is 0. The van der Waals surface area contributed by atoms with Crippen LogP contribution in [0.5, 0.6) is 0 Å². The summed E-state index contributed by atoms with van der Waals surface area (Å²) in [7, 11) is 0. The molecule has 0 saturated carbocycles. The largest absolute Gasteiger partial charge is 0.380 e. The highest BCUT2D eigenvalue weighted by Gasteiger charge is 2.44. The predicted molar refractivity (Wildman–Crippen MR) is 71.2 cm³/mol. The van der Waals surface area contributed by atoms with Gasteiger partial charge in [0.2, 0.25) is 0 Å². The minimum atomic E-state index is -0.826. The number of carbonyl (C=O) groups is 3. The highest BCUT2D eigenvalue weighted by molar-refractivity contribution is 6.20. The van der Waals surface area contributed by atoms with Crippen molar-refractivity contribution >= 4 is 17.8 Å². The van der Waals surface area contributed by atoms with Crippen LogP contribution in [0.3, 0.4) is 0 Å². The van der Waals surface area contributed by atoms with Gasteiger partial charge in [-0.3, -0.25) is 9.59 Å². The summed E-state index contributed by atoms with van der Waals surface area (Å²) in [4.78, 5) is 41.6. The van der Waals surface area contributed by atoms with E-state index in [-0.39, 0.29) is 17.7 Å². The summed E-state index contributed by atoms with van der Waals surface area (Å²) in [5.74, 6) is -1.83. The highest BCUT2D eigenvalue weighted by atomic mass is 16.7. The summed E-state index contributed by atoms with van der Waals surface area (Å²) in [6.07, 6.45) is 1.35. The maximum atomic E-state index is 12.3. The first-order chi connectivity index (χ1) is 10.0. The van der Waals surface area contributed by atoms with Crippen LogP contribution in [0, 0.1) is 5.41 Å². The standard InChI is InChI=1S/C15H15NO5/c1-15(7-4-8-20-9-15)14(19)21-16-12(17)10-5-2-3-6-11(10)13(16)18/h2-3,5-6H,4,7-9H2,1H3. The molecule has 6 nitrogen and oxygen atoms in total. The molecule has 2 amide bonds. The van der Waals surface area contributed by atoms with Gasteiger partial charge in [-0.25, -0.2) is 4.79 Å². The van der Waals surface area contributed by atoms with E-state index in [0.29, 0.717) is 18.1 Å². The molecule has 110 valence electrons. The lowest BCUT2D eigenvalue weighted by Crippen LogP contribution is -2.43. The fourth-order valence-corrected chi connectivity index (χ4v) is 2.54. The Morgan fingerprint density at radius 2 is 1.86 bits per heavy atom. The van der Waals surface area contributed by atoms with Crippen LogP contribution in [-0.4, -0.2) is 36.1 Å². The zero-order valence-corrected chi connectivity index (χ0v) is 11.6. The molecule has 21 heavy (non-hydrogen) atoms. The summed E-state index contributed by atoms with van der Waals surface area (Å²) in [5.41, 5.74) is -0.325. The van der Waals surface area contributed by atoms with Gasteiger partial charge in [-0.15, -0.1) is 0 Å². The number of imide groups is 1. The molecule has 0 bridgehead atoms. The van der Waals surface area contributed by atoms with Gasteiger partial charge in [0, 0.05) is 6.61 Å². The molecule has 0 aliphatic carbocycles. The highest BCUT2D eigenvalue weighted by Crippen LogP contribution is 2.31. The number of amides is 2. The number of fused-ring (bicyclic) bond motifs is 1. The van der Waals surface area contributed by atoms with Crippen LogP contribution in [0.25, 0.3) is 0 Å². The van der Waals surface area contributed by atoms with Crippen LogP contribution < -0.4 is 0 Å². The Hall–Kier alpha value is -2.21. The number of nitrogens with zero attached hydrogens (tertiary/aromatic N) is 1. The quantitative estimate of drug-likeness (QED) is 0.772. The second-order valence-electron chi connectivity index (χ2n) is 5.55. The lowest BCUT2D eigenvalue weighted by atomic mass is 9.85. The number of ether oxygens (including phenoxy) is 1. The maximum absolute atomic E-state index is 12.3. The second kappa shape index (κ2) is 4.96. The number of hydroxylamine groups is 2. The second-order valence-corrected chi connectivity index (χ2v) is 5.55. The van der Waals surface area contributed by atoms with E-state index in [2.05, 4.69) is 0 Å². The molecule has 0 aromatic heterocycles. The smallest absolute Gasteiger partial charge is 0.341 e. The van der Waals surface area contributed by atoms with Crippen molar-refractivity contribution in [3.63, 3.8) is 0 Å². The average molecular weight is 289 g/mol.